The lowest BCUT2D eigenvalue weighted by Gasteiger charge is -2.07. The van der Waals surface area contributed by atoms with Crippen molar-refractivity contribution < 1.29 is 18.7 Å². The Morgan fingerprint density at radius 1 is 1.08 bits per heavy atom. The molecule has 0 radical (unpaired) electrons. The first-order chi connectivity index (χ1) is 12.2. The molecule has 0 saturated heterocycles. The zero-order chi connectivity index (χ0) is 17.6. The van der Waals surface area contributed by atoms with E-state index in [2.05, 4.69) is 15.6 Å². The molecule has 0 bridgehead atoms. The number of furan rings is 1. The Morgan fingerprint density at radius 2 is 1.88 bits per heavy atom. The highest BCUT2D eigenvalue weighted by Gasteiger charge is 2.10. The van der Waals surface area contributed by atoms with Gasteiger partial charge in [-0.1, -0.05) is 6.07 Å². The number of carbonyl (C=O) groups is 2. The Hall–Kier alpha value is -3.35. The van der Waals surface area contributed by atoms with E-state index in [9.17, 15) is 9.59 Å². The molecule has 2 aromatic heterocycles. The van der Waals surface area contributed by atoms with Crippen LogP contribution in [0, 0.1) is 0 Å². The van der Waals surface area contributed by atoms with Gasteiger partial charge in [0.2, 0.25) is 0 Å². The van der Waals surface area contributed by atoms with Crippen LogP contribution in [-0.4, -0.2) is 37.0 Å². The Bertz CT molecular complexity index is 890. The molecule has 0 fully saturated rings. The minimum Gasteiger partial charge on any atom is -0.497 e. The van der Waals surface area contributed by atoms with E-state index in [1.807, 2.05) is 12.1 Å². The molecule has 2 N–H and O–H groups in total. The number of fused-ring (bicyclic) bond motifs is 1. The second-order valence-corrected chi connectivity index (χ2v) is 5.24. The fourth-order valence-electron chi connectivity index (χ4n) is 2.29. The van der Waals surface area contributed by atoms with Crippen molar-refractivity contribution in [2.24, 2.45) is 0 Å². The fraction of sp³-hybridized carbons (Fsp3) is 0.167. The summed E-state index contributed by atoms with van der Waals surface area (Å²) < 4.78 is 10.1. The van der Waals surface area contributed by atoms with Crippen LogP contribution in [0.5, 0.6) is 5.75 Å². The lowest BCUT2D eigenvalue weighted by atomic mass is 10.2. The van der Waals surface area contributed by atoms with Crippen LogP contribution in [0.2, 0.25) is 0 Å². The molecule has 2 amide bonds. The molecule has 25 heavy (non-hydrogen) atoms. The van der Waals surface area contributed by atoms with Crippen LogP contribution in [0.1, 0.15) is 21.0 Å². The molecule has 1 aromatic carbocycles. The largest absolute Gasteiger partial charge is 0.497 e. The Balaban J connectivity index is 1.54. The van der Waals surface area contributed by atoms with Gasteiger partial charge < -0.3 is 19.8 Å². The zero-order valence-electron chi connectivity index (χ0n) is 13.6. The van der Waals surface area contributed by atoms with Crippen molar-refractivity contribution >= 4 is 22.7 Å². The van der Waals surface area contributed by atoms with Gasteiger partial charge in [-0.05, 0) is 36.4 Å². The summed E-state index contributed by atoms with van der Waals surface area (Å²) in [7, 11) is 1.60. The number of nitrogens with one attached hydrogen (secondary N) is 2. The molecule has 0 aliphatic heterocycles. The van der Waals surface area contributed by atoms with Crippen molar-refractivity contribution in [1.82, 2.24) is 15.6 Å². The van der Waals surface area contributed by atoms with Crippen LogP contribution >= 0.6 is 0 Å². The molecule has 2 heterocycles. The molecule has 7 nitrogen and oxygen atoms in total. The quantitative estimate of drug-likeness (QED) is 0.670. The van der Waals surface area contributed by atoms with Gasteiger partial charge in [0, 0.05) is 18.5 Å². The molecule has 0 aliphatic rings. The monoisotopic (exact) mass is 339 g/mol. The third kappa shape index (κ3) is 3.95. The summed E-state index contributed by atoms with van der Waals surface area (Å²) in [5.41, 5.74) is 1.02. The van der Waals surface area contributed by atoms with Crippen molar-refractivity contribution in [2.75, 3.05) is 20.2 Å². The summed E-state index contributed by atoms with van der Waals surface area (Å²) in [6.07, 6.45) is 1.43. The first-order valence-corrected chi connectivity index (χ1v) is 7.72. The molecule has 0 atom stereocenters. The van der Waals surface area contributed by atoms with Crippen molar-refractivity contribution in [3.63, 3.8) is 0 Å². The van der Waals surface area contributed by atoms with Crippen LogP contribution in [-0.2, 0) is 0 Å². The summed E-state index contributed by atoms with van der Waals surface area (Å²) in [5, 5.41) is 6.26. The predicted octanol–water partition coefficient (Wildman–Crippen LogP) is 2.00. The van der Waals surface area contributed by atoms with Crippen molar-refractivity contribution in [3.8, 4) is 5.75 Å². The van der Waals surface area contributed by atoms with E-state index in [4.69, 9.17) is 9.15 Å². The second-order valence-electron chi connectivity index (χ2n) is 5.24. The number of pyridine rings is 1. The highest BCUT2D eigenvalue weighted by Crippen LogP contribution is 2.19. The number of ether oxygens (including phenoxy) is 1. The summed E-state index contributed by atoms with van der Waals surface area (Å²) in [6.45, 7) is 0.573. The predicted molar refractivity (Wildman–Crippen MR) is 91.7 cm³/mol. The smallest absolute Gasteiger partial charge is 0.287 e. The van der Waals surface area contributed by atoms with E-state index in [0.29, 0.717) is 11.2 Å². The highest BCUT2D eigenvalue weighted by atomic mass is 16.5. The maximum atomic E-state index is 12.2. The molecule has 3 aromatic rings. The van der Waals surface area contributed by atoms with E-state index >= 15 is 0 Å². The van der Waals surface area contributed by atoms with Crippen LogP contribution in [0.4, 0.5) is 0 Å². The Morgan fingerprint density at radius 3 is 2.60 bits per heavy atom. The molecule has 3 rings (SSSR count). The van der Waals surface area contributed by atoms with Gasteiger partial charge in [0.1, 0.15) is 11.4 Å². The minimum absolute atomic E-state index is 0.234. The number of benzene rings is 1. The number of carbonyl (C=O) groups excluding carboxylic acids is 2. The fourth-order valence-corrected chi connectivity index (χ4v) is 2.29. The highest BCUT2D eigenvalue weighted by molar-refractivity contribution is 5.95. The van der Waals surface area contributed by atoms with E-state index in [0.717, 1.165) is 11.1 Å². The Labute approximate surface area is 144 Å². The first kappa shape index (κ1) is 16.5. The number of hydrogen-bond acceptors (Lipinski definition) is 5. The second kappa shape index (κ2) is 7.48. The number of rotatable bonds is 6. The van der Waals surface area contributed by atoms with E-state index in [1.54, 1.807) is 37.4 Å². The van der Waals surface area contributed by atoms with Crippen LogP contribution in [0.15, 0.2) is 53.1 Å². The summed E-state index contributed by atoms with van der Waals surface area (Å²) >= 11 is 0. The number of hydrogen-bond donors (Lipinski definition) is 2. The van der Waals surface area contributed by atoms with Crippen LogP contribution < -0.4 is 15.4 Å². The average Bonchev–Trinajstić information content (AvgIpc) is 3.18. The maximum absolute atomic E-state index is 12.2. The third-order valence-corrected chi connectivity index (χ3v) is 3.57. The number of methoxy groups -OCH3 is 1. The van der Waals surface area contributed by atoms with Crippen molar-refractivity contribution in [2.45, 2.75) is 0 Å². The number of amides is 2. The number of aromatic nitrogens is 1. The number of nitrogens with zero attached hydrogens (tertiary/aromatic N) is 1. The molecular formula is C18H17N3O4. The maximum Gasteiger partial charge on any atom is 0.287 e. The molecule has 7 heteroatoms. The average molecular weight is 339 g/mol. The van der Waals surface area contributed by atoms with Gasteiger partial charge in [-0.2, -0.15) is 0 Å². The molecule has 128 valence electrons. The topological polar surface area (TPSA) is 93.5 Å². The van der Waals surface area contributed by atoms with Gasteiger partial charge in [0.05, 0.1) is 18.9 Å². The van der Waals surface area contributed by atoms with E-state index in [1.165, 1.54) is 6.26 Å². The van der Waals surface area contributed by atoms with E-state index < -0.39 is 0 Å². The van der Waals surface area contributed by atoms with Gasteiger partial charge in [0.25, 0.3) is 11.8 Å². The van der Waals surface area contributed by atoms with Crippen LogP contribution in [0.25, 0.3) is 10.9 Å². The SMILES string of the molecule is COc1ccc2nc(C(=O)NCCNC(=O)c3ccco3)ccc2c1. The zero-order valence-corrected chi connectivity index (χ0v) is 13.6. The van der Waals surface area contributed by atoms with E-state index in [-0.39, 0.29) is 30.7 Å². The molecule has 0 spiro atoms. The molecule has 0 saturated carbocycles. The minimum atomic E-state index is -0.322. The standard InChI is InChI=1S/C18H17N3O4/c1-24-13-5-7-14-12(11-13)4-6-15(21-14)17(22)19-8-9-20-18(23)16-3-2-10-25-16/h2-7,10-11H,8-9H2,1H3,(H,19,22)(H,20,23). The van der Waals surface area contributed by atoms with Gasteiger partial charge >= 0.3 is 0 Å². The van der Waals surface area contributed by atoms with Crippen LogP contribution in [0.3, 0.4) is 0 Å². The summed E-state index contributed by atoms with van der Waals surface area (Å²) in [5.74, 6) is 0.346. The summed E-state index contributed by atoms with van der Waals surface area (Å²) in [6, 6.07) is 12.1. The van der Waals surface area contributed by atoms with Gasteiger partial charge in [-0.25, -0.2) is 4.98 Å². The van der Waals surface area contributed by atoms with Gasteiger partial charge in [-0.15, -0.1) is 0 Å². The van der Waals surface area contributed by atoms with Gasteiger partial charge in [-0.3, -0.25) is 9.59 Å². The lowest BCUT2D eigenvalue weighted by Crippen LogP contribution is -2.34. The molecule has 0 unspecified atom stereocenters. The Kier molecular flexibility index (Phi) is 4.94. The van der Waals surface area contributed by atoms with Gasteiger partial charge in [0.15, 0.2) is 5.76 Å². The normalized spacial score (nSPS) is 10.4. The van der Waals surface area contributed by atoms with Crippen molar-refractivity contribution in [1.29, 1.82) is 0 Å². The third-order valence-electron chi connectivity index (χ3n) is 3.57. The molecule has 0 aliphatic carbocycles. The molecular weight excluding hydrogens is 322 g/mol. The van der Waals surface area contributed by atoms with Crippen molar-refractivity contribution in [3.05, 3.63) is 60.2 Å². The first-order valence-electron chi connectivity index (χ1n) is 7.72. The summed E-state index contributed by atoms with van der Waals surface area (Å²) in [4.78, 5) is 28.2. The lowest BCUT2D eigenvalue weighted by molar-refractivity contribution is 0.0909.